The highest BCUT2D eigenvalue weighted by molar-refractivity contribution is 7.89. The second kappa shape index (κ2) is 10.5. The molecule has 0 spiro atoms. The van der Waals surface area contributed by atoms with Crippen molar-refractivity contribution in [3.8, 4) is 11.3 Å². The number of piperazine rings is 1. The van der Waals surface area contributed by atoms with Crippen LogP contribution in [0.5, 0.6) is 0 Å². The molecule has 0 bridgehead atoms. The predicted molar refractivity (Wildman–Crippen MR) is 153 cm³/mol. The normalized spacial score (nSPS) is 21.1. The van der Waals surface area contributed by atoms with Gasteiger partial charge in [-0.2, -0.15) is 9.29 Å². The lowest BCUT2D eigenvalue weighted by Gasteiger charge is -2.34. The van der Waals surface area contributed by atoms with E-state index in [4.69, 9.17) is 10.7 Å². The van der Waals surface area contributed by atoms with Gasteiger partial charge in [0.15, 0.2) is 0 Å². The molecule has 3 aromatic rings. The molecule has 2 atom stereocenters. The van der Waals surface area contributed by atoms with E-state index >= 15 is 0 Å². The Bertz CT molecular complexity index is 1390. The number of hydrogen-bond donors (Lipinski definition) is 2. The molecular weight excluding hydrogens is 498 g/mol. The predicted octanol–water partition coefficient (Wildman–Crippen LogP) is 4.09. The molecule has 0 saturated carbocycles. The molecule has 0 aliphatic carbocycles. The van der Waals surface area contributed by atoms with Crippen molar-refractivity contribution in [2.24, 2.45) is 0 Å². The molecule has 2 saturated heterocycles. The molecule has 3 N–H and O–H groups in total. The second-order valence-corrected chi connectivity index (χ2v) is 12.3. The maximum absolute atomic E-state index is 13.5. The standard InChI is InChI=1S/C28H37N7O2S/c1-19-8-9-20(2)35(19)38(36,37)25-7-5-6-22(18-25)26-21(3)27(29)32-28(31-26)30-23-10-12-24(13-11-23)34-16-14-33(4)15-17-34/h5-7,10-13,18-20H,8-9,14-17H2,1-4H3,(H3,29,30,31,32). The Morgan fingerprint density at radius 2 is 1.61 bits per heavy atom. The third-order valence-corrected chi connectivity index (χ3v) is 9.85. The van der Waals surface area contributed by atoms with E-state index in [1.165, 1.54) is 5.69 Å². The maximum Gasteiger partial charge on any atom is 0.243 e. The number of nitrogen functional groups attached to an aromatic ring is 1. The Morgan fingerprint density at radius 3 is 2.26 bits per heavy atom. The zero-order chi connectivity index (χ0) is 27.0. The number of likely N-dealkylation sites (N-methyl/N-ethyl adjacent to an activating group) is 1. The first-order valence-corrected chi connectivity index (χ1v) is 14.7. The summed E-state index contributed by atoms with van der Waals surface area (Å²) in [4.78, 5) is 14.2. The average Bonchev–Trinajstić information content (AvgIpc) is 3.25. The van der Waals surface area contributed by atoms with E-state index in [1.54, 1.807) is 22.5 Å². The molecule has 0 radical (unpaired) electrons. The molecule has 2 aliphatic heterocycles. The Labute approximate surface area is 225 Å². The van der Waals surface area contributed by atoms with E-state index in [2.05, 4.69) is 39.3 Å². The van der Waals surface area contributed by atoms with Crippen LogP contribution in [0.3, 0.4) is 0 Å². The van der Waals surface area contributed by atoms with Crippen LogP contribution in [-0.4, -0.2) is 72.9 Å². The Kier molecular flexibility index (Phi) is 7.30. The number of benzene rings is 2. The summed E-state index contributed by atoms with van der Waals surface area (Å²) in [6, 6.07) is 15.1. The molecule has 1 aromatic heterocycles. The highest BCUT2D eigenvalue weighted by Gasteiger charge is 2.37. The summed E-state index contributed by atoms with van der Waals surface area (Å²) < 4.78 is 28.6. The fourth-order valence-electron chi connectivity index (χ4n) is 5.39. The minimum absolute atomic E-state index is 0.0199. The van der Waals surface area contributed by atoms with E-state index in [9.17, 15) is 8.42 Å². The average molecular weight is 536 g/mol. The summed E-state index contributed by atoms with van der Waals surface area (Å²) in [7, 11) is -1.48. The summed E-state index contributed by atoms with van der Waals surface area (Å²) in [6.45, 7) is 9.91. The molecule has 0 amide bonds. The molecule has 2 aliphatic rings. The van der Waals surface area contributed by atoms with Crippen molar-refractivity contribution >= 4 is 33.2 Å². The summed E-state index contributed by atoms with van der Waals surface area (Å²) in [5.74, 6) is 0.715. The van der Waals surface area contributed by atoms with Gasteiger partial charge in [-0.05, 0) is 77.1 Å². The fourth-order valence-corrected chi connectivity index (χ4v) is 7.32. The number of hydrogen-bond acceptors (Lipinski definition) is 8. The SMILES string of the molecule is Cc1c(N)nc(Nc2ccc(N3CCN(C)CC3)cc2)nc1-c1cccc(S(=O)(=O)N2C(C)CCC2C)c1. The van der Waals surface area contributed by atoms with Crippen LogP contribution in [0, 0.1) is 6.92 Å². The van der Waals surface area contributed by atoms with Gasteiger partial charge in [0.2, 0.25) is 16.0 Å². The largest absolute Gasteiger partial charge is 0.383 e. The molecular formula is C28H37N7O2S. The molecule has 202 valence electrons. The fraction of sp³-hybridized carbons (Fsp3) is 0.429. The van der Waals surface area contributed by atoms with E-state index in [0.717, 1.165) is 44.7 Å². The van der Waals surface area contributed by atoms with Gasteiger partial charge in [-0.25, -0.2) is 13.4 Å². The summed E-state index contributed by atoms with van der Waals surface area (Å²) >= 11 is 0. The lowest BCUT2D eigenvalue weighted by Crippen LogP contribution is -2.44. The van der Waals surface area contributed by atoms with Crippen LogP contribution < -0.4 is 16.0 Å². The molecule has 5 rings (SSSR count). The van der Waals surface area contributed by atoms with Crippen LogP contribution in [0.2, 0.25) is 0 Å². The minimum atomic E-state index is -3.63. The molecule has 2 fully saturated rings. The number of rotatable bonds is 6. The number of nitrogens with two attached hydrogens (primary N) is 1. The van der Waals surface area contributed by atoms with Gasteiger partial charge in [-0.15, -0.1) is 0 Å². The van der Waals surface area contributed by atoms with Gasteiger partial charge >= 0.3 is 0 Å². The van der Waals surface area contributed by atoms with Crippen LogP contribution in [0.4, 0.5) is 23.1 Å². The Morgan fingerprint density at radius 1 is 0.947 bits per heavy atom. The quantitative estimate of drug-likeness (QED) is 0.486. The highest BCUT2D eigenvalue weighted by Crippen LogP contribution is 2.33. The third-order valence-electron chi connectivity index (χ3n) is 7.73. The molecule has 2 aromatic carbocycles. The molecule has 3 heterocycles. The van der Waals surface area contributed by atoms with Crippen LogP contribution >= 0.6 is 0 Å². The Hall–Kier alpha value is -3.21. The van der Waals surface area contributed by atoms with Gasteiger partial charge in [0.05, 0.1) is 10.6 Å². The van der Waals surface area contributed by atoms with Crippen LogP contribution in [-0.2, 0) is 10.0 Å². The lowest BCUT2D eigenvalue weighted by atomic mass is 10.1. The zero-order valence-electron chi connectivity index (χ0n) is 22.6. The minimum Gasteiger partial charge on any atom is -0.383 e. The van der Waals surface area contributed by atoms with Gasteiger partial charge in [-0.1, -0.05) is 12.1 Å². The van der Waals surface area contributed by atoms with Crippen molar-refractivity contribution in [3.05, 3.63) is 54.1 Å². The number of aromatic nitrogens is 2. The van der Waals surface area contributed by atoms with Crippen molar-refractivity contribution in [2.75, 3.05) is 49.2 Å². The van der Waals surface area contributed by atoms with Crippen molar-refractivity contribution in [2.45, 2.75) is 50.6 Å². The molecule has 9 nitrogen and oxygen atoms in total. The Balaban J connectivity index is 1.40. The summed E-state index contributed by atoms with van der Waals surface area (Å²) in [6.07, 6.45) is 1.74. The van der Waals surface area contributed by atoms with Crippen molar-refractivity contribution in [1.29, 1.82) is 0 Å². The third kappa shape index (κ3) is 5.21. The molecule has 38 heavy (non-hydrogen) atoms. The van der Waals surface area contributed by atoms with Crippen LogP contribution in [0.25, 0.3) is 11.3 Å². The van der Waals surface area contributed by atoms with Crippen molar-refractivity contribution in [3.63, 3.8) is 0 Å². The molecule has 2 unspecified atom stereocenters. The van der Waals surface area contributed by atoms with Gasteiger partial charge in [0, 0.05) is 60.8 Å². The summed E-state index contributed by atoms with van der Waals surface area (Å²) in [5.41, 5.74) is 10.3. The van der Waals surface area contributed by atoms with Gasteiger partial charge in [0.25, 0.3) is 0 Å². The monoisotopic (exact) mass is 535 g/mol. The van der Waals surface area contributed by atoms with E-state index < -0.39 is 10.0 Å². The van der Waals surface area contributed by atoms with Crippen LogP contribution in [0.1, 0.15) is 32.3 Å². The van der Waals surface area contributed by atoms with Gasteiger partial charge in [0.1, 0.15) is 5.82 Å². The number of sulfonamides is 1. The molecule has 10 heteroatoms. The van der Waals surface area contributed by atoms with Crippen LogP contribution in [0.15, 0.2) is 53.4 Å². The van der Waals surface area contributed by atoms with E-state index in [1.807, 2.05) is 39.0 Å². The number of nitrogens with one attached hydrogen (secondary N) is 1. The topological polar surface area (TPSA) is 108 Å². The number of nitrogens with zero attached hydrogens (tertiary/aromatic N) is 5. The van der Waals surface area contributed by atoms with E-state index in [-0.39, 0.29) is 17.0 Å². The van der Waals surface area contributed by atoms with Gasteiger partial charge in [-0.3, -0.25) is 0 Å². The van der Waals surface area contributed by atoms with Gasteiger partial charge < -0.3 is 20.9 Å². The van der Waals surface area contributed by atoms with Crippen molar-refractivity contribution in [1.82, 2.24) is 19.2 Å². The second-order valence-electron chi connectivity index (χ2n) is 10.5. The smallest absolute Gasteiger partial charge is 0.243 e. The first kappa shape index (κ1) is 26.4. The first-order chi connectivity index (χ1) is 18.1. The van der Waals surface area contributed by atoms with E-state index in [0.29, 0.717) is 28.6 Å². The zero-order valence-corrected chi connectivity index (χ0v) is 23.4. The van der Waals surface area contributed by atoms with Crippen molar-refractivity contribution < 1.29 is 8.42 Å². The number of anilines is 4. The summed E-state index contributed by atoms with van der Waals surface area (Å²) in [5, 5.41) is 3.27. The lowest BCUT2D eigenvalue weighted by molar-refractivity contribution is 0.313. The first-order valence-electron chi connectivity index (χ1n) is 13.2. The maximum atomic E-state index is 13.5. The highest BCUT2D eigenvalue weighted by atomic mass is 32.2.